The van der Waals surface area contributed by atoms with Crippen LogP contribution in [0.4, 0.5) is 0 Å². The normalized spacial score (nSPS) is 25.4. The van der Waals surface area contributed by atoms with Crippen LogP contribution in [0, 0.1) is 12.8 Å². The molecule has 2 aromatic rings. The van der Waals surface area contributed by atoms with Crippen molar-refractivity contribution in [1.29, 1.82) is 0 Å². The fourth-order valence-corrected chi connectivity index (χ4v) is 4.95. The fourth-order valence-electron chi connectivity index (χ4n) is 4.95. The molecule has 2 fully saturated rings. The highest BCUT2D eigenvalue weighted by Crippen LogP contribution is 2.43. The van der Waals surface area contributed by atoms with E-state index in [1.807, 2.05) is 6.20 Å². The predicted molar refractivity (Wildman–Crippen MR) is 118 cm³/mol. The van der Waals surface area contributed by atoms with E-state index in [0.717, 1.165) is 44.5 Å². The zero-order valence-electron chi connectivity index (χ0n) is 18.4. The van der Waals surface area contributed by atoms with Crippen LogP contribution in [0.2, 0.25) is 0 Å². The van der Waals surface area contributed by atoms with Gasteiger partial charge in [-0.3, -0.25) is 10.3 Å². The van der Waals surface area contributed by atoms with Crippen molar-refractivity contribution in [3.63, 3.8) is 0 Å². The number of aryl methyl sites for hydroxylation is 3. The van der Waals surface area contributed by atoms with Crippen LogP contribution in [0.25, 0.3) is 0 Å². The summed E-state index contributed by atoms with van der Waals surface area (Å²) >= 11 is 0. The largest absolute Gasteiger partial charge is 0.352 e. The van der Waals surface area contributed by atoms with E-state index in [4.69, 9.17) is 9.72 Å². The maximum atomic E-state index is 6.64. The van der Waals surface area contributed by atoms with E-state index in [-0.39, 0.29) is 5.54 Å². The summed E-state index contributed by atoms with van der Waals surface area (Å²) in [6.45, 7) is 9.57. The van der Waals surface area contributed by atoms with Crippen LogP contribution in [0.3, 0.4) is 0 Å². The predicted octanol–water partition coefficient (Wildman–Crippen LogP) is 4.07. The van der Waals surface area contributed by atoms with Crippen molar-refractivity contribution in [2.75, 3.05) is 26.7 Å². The monoisotopic (exact) mass is 393 g/mol. The van der Waals surface area contributed by atoms with E-state index in [0.29, 0.717) is 12.5 Å². The Kier molecular flexibility index (Phi) is 5.78. The van der Waals surface area contributed by atoms with E-state index >= 15 is 0 Å². The molecule has 1 atom stereocenters. The molecule has 29 heavy (non-hydrogen) atoms. The van der Waals surface area contributed by atoms with Gasteiger partial charge in [0.25, 0.3) is 0 Å². The van der Waals surface area contributed by atoms with Crippen molar-refractivity contribution >= 4 is 0 Å². The standard InChI is InChI=1S/C25H35N3O/c1-19-7-5-8-20(17-19)10-11-21-9-6-14-26-23(21)25(27-24(2,3)18-29-25)22-12-15-28(4)16-13-22/h5-9,14,17,22,27H,10-13,15-16,18H2,1-4H3. The van der Waals surface area contributed by atoms with Crippen molar-refractivity contribution in [1.82, 2.24) is 15.2 Å². The zero-order chi connectivity index (χ0) is 20.5. The van der Waals surface area contributed by atoms with Gasteiger partial charge < -0.3 is 9.64 Å². The first-order chi connectivity index (χ1) is 13.9. The fraction of sp³-hybridized carbons (Fsp3) is 0.560. The van der Waals surface area contributed by atoms with E-state index in [1.54, 1.807) is 0 Å². The summed E-state index contributed by atoms with van der Waals surface area (Å²) in [6, 6.07) is 13.1. The number of benzene rings is 1. The molecule has 2 saturated heterocycles. The van der Waals surface area contributed by atoms with E-state index in [2.05, 4.69) is 74.4 Å². The van der Waals surface area contributed by atoms with Gasteiger partial charge in [-0.2, -0.15) is 0 Å². The smallest absolute Gasteiger partial charge is 0.165 e. The summed E-state index contributed by atoms with van der Waals surface area (Å²) in [4.78, 5) is 7.34. The average Bonchev–Trinajstić information content (AvgIpc) is 3.04. The first-order valence-electron chi connectivity index (χ1n) is 11.0. The van der Waals surface area contributed by atoms with Gasteiger partial charge in [-0.15, -0.1) is 0 Å². The van der Waals surface area contributed by atoms with E-state index < -0.39 is 5.72 Å². The van der Waals surface area contributed by atoms with E-state index in [9.17, 15) is 0 Å². The van der Waals surface area contributed by atoms with Gasteiger partial charge in [0.1, 0.15) is 0 Å². The third-order valence-corrected chi connectivity index (χ3v) is 6.49. The third kappa shape index (κ3) is 4.40. The molecule has 1 aromatic carbocycles. The average molecular weight is 394 g/mol. The Labute approximate surface area is 175 Å². The van der Waals surface area contributed by atoms with Crippen LogP contribution in [-0.2, 0) is 23.3 Å². The minimum Gasteiger partial charge on any atom is -0.352 e. The molecule has 0 amide bonds. The first-order valence-corrected chi connectivity index (χ1v) is 11.0. The lowest BCUT2D eigenvalue weighted by Gasteiger charge is -2.42. The minimum absolute atomic E-state index is 0.0469. The second-order valence-electron chi connectivity index (χ2n) is 9.61. The molecular weight excluding hydrogens is 358 g/mol. The Morgan fingerprint density at radius 2 is 1.93 bits per heavy atom. The van der Waals surface area contributed by atoms with Crippen LogP contribution >= 0.6 is 0 Å². The number of piperidine rings is 1. The van der Waals surface area contributed by atoms with Crippen molar-refractivity contribution in [2.45, 2.75) is 57.7 Å². The van der Waals surface area contributed by atoms with Crippen molar-refractivity contribution in [3.05, 3.63) is 65.0 Å². The first kappa shape index (κ1) is 20.5. The molecule has 4 nitrogen and oxygen atoms in total. The maximum Gasteiger partial charge on any atom is 0.165 e. The molecular formula is C25H35N3O. The molecule has 4 heteroatoms. The number of nitrogens with zero attached hydrogens (tertiary/aromatic N) is 2. The number of hydrogen-bond donors (Lipinski definition) is 1. The summed E-state index contributed by atoms with van der Waals surface area (Å²) in [5.41, 5.74) is 4.58. The Hall–Kier alpha value is -1.75. The summed E-state index contributed by atoms with van der Waals surface area (Å²) in [5.74, 6) is 0.438. The van der Waals surface area contributed by atoms with Crippen molar-refractivity contribution < 1.29 is 4.74 Å². The Bertz CT molecular complexity index is 841. The molecule has 4 rings (SSSR count). The molecule has 0 bridgehead atoms. The second-order valence-corrected chi connectivity index (χ2v) is 9.61. The van der Waals surface area contributed by atoms with Crippen LogP contribution in [0.1, 0.15) is 49.1 Å². The van der Waals surface area contributed by atoms with Gasteiger partial charge in [0.2, 0.25) is 0 Å². The lowest BCUT2D eigenvalue weighted by molar-refractivity contribution is -0.0848. The number of likely N-dealkylation sites (tertiary alicyclic amines) is 1. The van der Waals surface area contributed by atoms with Crippen LogP contribution in [0.15, 0.2) is 42.6 Å². The van der Waals surface area contributed by atoms with Crippen LogP contribution in [-0.4, -0.2) is 42.2 Å². The minimum atomic E-state index is -0.478. The molecule has 0 aliphatic carbocycles. The molecule has 156 valence electrons. The second kappa shape index (κ2) is 8.17. The maximum absolute atomic E-state index is 6.64. The van der Waals surface area contributed by atoms with Gasteiger partial charge in [0, 0.05) is 17.7 Å². The molecule has 1 N–H and O–H groups in total. The third-order valence-electron chi connectivity index (χ3n) is 6.49. The van der Waals surface area contributed by atoms with Gasteiger partial charge in [-0.05, 0) is 83.8 Å². The molecule has 2 aliphatic rings. The summed E-state index contributed by atoms with van der Waals surface area (Å²) < 4.78 is 6.64. The highest BCUT2D eigenvalue weighted by molar-refractivity contribution is 5.30. The summed E-state index contributed by atoms with van der Waals surface area (Å²) in [7, 11) is 2.21. The Balaban J connectivity index is 1.65. The van der Waals surface area contributed by atoms with Gasteiger partial charge in [-0.1, -0.05) is 35.9 Å². The topological polar surface area (TPSA) is 37.4 Å². The van der Waals surface area contributed by atoms with Gasteiger partial charge in [-0.25, -0.2) is 0 Å². The number of hydrogen-bond acceptors (Lipinski definition) is 4. The van der Waals surface area contributed by atoms with Gasteiger partial charge >= 0.3 is 0 Å². The van der Waals surface area contributed by atoms with Gasteiger partial charge in [0.05, 0.1) is 12.3 Å². The molecule has 1 aromatic heterocycles. The Morgan fingerprint density at radius 1 is 1.14 bits per heavy atom. The SMILES string of the molecule is Cc1cccc(CCc2cccnc2C2(C3CCN(C)CC3)NC(C)(C)CO2)c1. The summed E-state index contributed by atoms with van der Waals surface area (Å²) in [6.07, 6.45) is 6.19. The number of nitrogens with one attached hydrogen (secondary N) is 1. The molecule has 1 unspecified atom stereocenters. The van der Waals surface area contributed by atoms with Crippen LogP contribution in [0.5, 0.6) is 0 Å². The van der Waals surface area contributed by atoms with Crippen LogP contribution < -0.4 is 5.32 Å². The molecule has 0 radical (unpaired) electrons. The highest BCUT2D eigenvalue weighted by Gasteiger charge is 2.52. The molecule has 2 aliphatic heterocycles. The Morgan fingerprint density at radius 3 is 2.62 bits per heavy atom. The molecule has 0 spiro atoms. The van der Waals surface area contributed by atoms with Crippen molar-refractivity contribution in [2.24, 2.45) is 5.92 Å². The number of pyridine rings is 1. The molecule has 0 saturated carbocycles. The zero-order valence-corrected chi connectivity index (χ0v) is 18.4. The summed E-state index contributed by atoms with van der Waals surface area (Å²) in [5, 5.41) is 3.89. The number of ether oxygens (including phenoxy) is 1. The number of aromatic nitrogens is 1. The van der Waals surface area contributed by atoms with E-state index in [1.165, 1.54) is 16.7 Å². The highest BCUT2D eigenvalue weighted by atomic mass is 16.5. The number of rotatable bonds is 5. The quantitative estimate of drug-likeness (QED) is 0.831. The lowest BCUT2D eigenvalue weighted by atomic mass is 9.81. The molecule has 3 heterocycles. The van der Waals surface area contributed by atoms with Crippen molar-refractivity contribution in [3.8, 4) is 0 Å². The van der Waals surface area contributed by atoms with Gasteiger partial charge in [0.15, 0.2) is 5.72 Å². The lowest BCUT2D eigenvalue weighted by Crippen LogP contribution is -2.54.